The molecule has 2 fully saturated rings. The lowest BCUT2D eigenvalue weighted by atomic mass is 9.71. The average Bonchev–Trinajstić information content (AvgIpc) is 3.24. The van der Waals surface area contributed by atoms with E-state index in [0.29, 0.717) is 6.04 Å². The number of nitrogens with one attached hydrogen (secondary N) is 1. The van der Waals surface area contributed by atoms with Crippen molar-refractivity contribution in [3.05, 3.63) is 11.9 Å². The van der Waals surface area contributed by atoms with Crippen LogP contribution in [0.4, 0.5) is 0 Å². The maximum Gasteiger partial charge on any atom is 0.475 e. The van der Waals surface area contributed by atoms with Crippen LogP contribution < -0.4 is 5.32 Å². The molecule has 23 heavy (non-hydrogen) atoms. The van der Waals surface area contributed by atoms with Gasteiger partial charge in [-0.25, -0.2) is 4.68 Å². The molecular formula is C15H25BN4O3. The number of hydrogen-bond donors (Lipinski definition) is 3. The van der Waals surface area contributed by atoms with E-state index in [2.05, 4.69) is 15.6 Å². The third-order valence-corrected chi connectivity index (χ3v) is 5.22. The van der Waals surface area contributed by atoms with Crippen molar-refractivity contribution in [3.63, 3.8) is 0 Å². The molecule has 2 saturated carbocycles. The second-order valence-electron chi connectivity index (χ2n) is 6.83. The Balaban J connectivity index is 1.63. The molecule has 2 aliphatic rings. The molecule has 0 unspecified atom stereocenters. The van der Waals surface area contributed by atoms with Crippen molar-refractivity contribution in [1.29, 1.82) is 0 Å². The second kappa shape index (κ2) is 7.44. The highest BCUT2D eigenvalue weighted by atomic mass is 16.4. The van der Waals surface area contributed by atoms with Gasteiger partial charge in [-0.05, 0) is 31.6 Å². The summed E-state index contributed by atoms with van der Waals surface area (Å²) in [7, 11) is -1.55. The molecule has 1 atom stereocenters. The van der Waals surface area contributed by atoms with Crippen molar-refractivity contribution in [2.45, 2.75) is 69.8 Å². The monoisotopic (exact) mass is 320 g/mol. The van der Waals surface area contributed by atoms with E-state index >= 15 is 0 Å². The summed E-state index contributed by atoms with van der Waals surface area (Å²) in [6.45, 7) is 0. The quantitative estimate of drug-likeness (QED) is 0.705. The van der Waals surface area contributed by atoms with Crippen molar-refractivity contribution >= 4 is 13.0 Å². The van der Waals surface area contributed by atoms with Gasteiger partial charge in [-0.1, -0.05) is 37.3 Å². The molecule has 8 heteroatoms. The number of nitrogens with zero attached hydrogens (tertiary/aromatic N) is 3. The Morgan fingerprint density at radius 3 is 2.48 bits per heavy atom. The first-order valence-electron chi connectivity index (χ1n) is 8.74. The zero-order chi connectivity index (χ0) is 16.2. The average molecular weight is 320 g/mol. The van der Waals surface area contributed by atoms with Crippen LogP contribution in [0.1, 0.15) is 74.3 Å². The number of amides is 1. The van der Waals surface area contributed by atoms with E-state index < -0.39 is 13.1 Å². The largest absolute Gasteiger partial charge is 0.475 e. The number of carbonyl (C=O) groups is 1. The molecule has 3 N–H and O–H groups in total. The summed E-state index contributed by atoms with van der Waals surface area (Å²) in [5, 5.41) is 29.9. The Kier molecular flexibility index (Phi) is 5.32. The number of carbonyl (C=O) groups excluding carboxylic acids is 1. The van der Waals surface area contributed by atoms with E-state index in [1.807, 2.05) is 0 Å². The van der Waals surface area contributed by atoms with Crippen LogP contribution in [-0.4, -0.2) is 44.0 Å². The van der Waals surface area contributed by atoms with Gasteiger partial charge in [0.1, 0.15) is 0 Å². The Morgan fingerprint density at radius 2 is 1.83 bits per heavy atom. The summed E-state index contributed by atoms with van der Waals surface area (Å²) in [5.74, 6) is -0.894. The molecule has 0 saturated heterocycles. The fraction of sp³-hybridized carbons (Fsp3) is 0.800. The van der Waals surface area contributed by atoms with Gasteiger partial charge in [-0.3, -0.25) is 4.79 Å². The van der Waals surface area contributed by atoms with E-state index in [4.69, 9.17) is 0 Å². The zero-order valence-electron chi connectivity index (χ0n) is 13.4. The highest BCUT2D eigenvalue weighted by Gasteiger charge is 2.35. The fourth-order valence-corrected chi connectivity index (χ4v) is 3.88. The lowest BCUT2D eigenvalue weighted by Crippen LogP contribution is -2.50. The maximum absolute atomic E-state index is 12.4. The summed E-state index contributed by atoms with van der Waals surface area (Å²) in [6.07, 6.45) is 11.4. The summed E-state index contributed by atoms with van der Waals surface area (Å²) in [6, 6.07) is 0.326. The minimum Gasteiger partial charge on any atom is -0.426 e. The van der Waals surface area contributed by atoms with Crippen molar-refractivity contribution in [1.82, 2.24) is 20.3 Å². The second-order valence-corrected chi connectivity index (χ2v) is 6.83. The lowest BCUT2D eigenvalue weighted by molar-refractivity contribution is 0.0925. The molecule has 126 valence electrons. The highest BCUT2D eigenvalue weighted by molar-refractivity contribution is 6.43. The van der Waals surface area contributed by atoms with Crippen molar-refractivity contribution < 1.29 is 14.8 Å². The van der Waals surface area contributed by atoms with Gasteiger partial charge in [0.15, 0.2) is 5.69 Å². The van der Waals surface area contributed by atoms with Crippen molar-refractivity contribution in [3.8, 4) is 0 Å². The standard InChI is InChI=1S/C15H25BN4O3/c21-15(17-14(16(22)23)11-6-4-5-7-11)13-10-20(19-18-13)12-8-2-1-3-9-12/h10-12,14,22-23H,1-9H2,(H,17,21)/t14-/m0/s1. The van der Waals surface area contributed by atoms with Crippen LogP contribution >= 0.6 is 0 Å². The van der Waals surface area contributed by atoms with Crippen LogP contribution in [0.25, 0.3) is 0 Å². The fourth-order valence-electron chi connectivity index (χ4n) is 3.88. The molecule has 0 aromatic carbocycles. The van der Waals surface area contributed by atoms with E-state index in [1.54, 1.807) is 10.9 Å². The lowest BCUT2D eigenvalue weighted by Gasteiger charge is -2.23. The molecule has 2 aliphatic carbocycles. The van der Waals surface area contributed by atoms with Gasteiger partial charge >= 0.3 is 7.12 Å². The van der Waals surface area contributed by atoms with Gasteiger partial charge in [-0.2, -0.15) is 0 Å². The van der Waals surface area contributed by atoms with E-state index in [-0.39, 0.29) is 17.5 Å². The van der Waals surface area contributed by atoms with Crippen LogP contribution in [0, 0.1) is 5.92 Å². The molecule has 0 aliphatic heterocycles. The third kappa shape index (κ3) is 3.92. The number of rotatable bonds is 5. The first-order valence-corrected chi connectivity index (χ1v) is 8.74. The van der Waals surface area contributed by atoms with Gasteiger partial charge in [0.25, 0.3) is 5.91 Å². The van der Waals surface area contributed by atoms with Crippen molar-refractivity contribution in [2.75, 3.05) is 0 Å². The van der Waals surface area contributed by atoms with Crippen LogP contribution in [0.5, 0.6) is 0 Å². The topological polar surface area (TPSA) is 100 Å². The predicted octanol–water partition coefficient (Wildman–Crippen LogP) is 1.08. The normalized spacial score (nSPS) is 21.3. The first kappa shape index (κ1) is 16.5. The van der Waals surface area contributed by atoms with E-state index in [0.717, 1.165) is 38.5 Å². The van der Waals surface area contributed by atoms with Crippen LogP contribution in [0.3, 0.4) is 0 Å². The minimum atomic E-state index is -1.55. The minimum absolute atomic E-state index is 0.118. The summed E-state index contributed by atoms with van der Waals surface area (Å²) in [5.41, 5.74) is 0.249. The van der Waals surface area contributed by atoms with Gasteiger partial charge in [0.05, 0.1) is 18.2 Å². The summed E-state index contributed by atoms with van der Waals surface area (Å²) in [4.78, 5) is 12.4. The molecule has 1 aromatic heterocycles. The smallest absolute Gasteiger partial charge is 0.426 e. The SMILES string of the molecule is O=C(N[C@H](B(O)O)C1CCCC1)c1cn(C2CCCCC2)nn1. The molecule has 1 heterocycles. The summed E-state index contributed by atoms with van der Waals surface area (Å²) < 4.78 is 1.79. The first-order chi connectivity index (χ1) is 11.1. The van der Waals surface area contributed by atoms with Crippen molar-refractivity contribution in [2.24, 2.45) is 5.92 Å². The summed E-state index contributed by atoms with van der Waals surface area (Å²) >= 11 is 0. The molecule has 0 radical (unpaired) electrons. The molecule has 3 rings (SSSR count). The van der Waals surface area contributed by atoms with Gasteiger partial charge in [0.2, 0.25) is 0 Å². The molecular weight excluding hydrogens is 295 g/mol. The third-order valence-electron chi connectivity index (χ3n) is 5.22. The molecule has 1 aromatic rings. The van der Waals surface area contributed by atoms with Crippen LogP contribution in [-0.2, 0) is 0 Å². The maximum atomic E-state index is 12.4. The number of aromatic nitrogens is 3. The van der Waals surface area contributed by atoms with Gasteiger partial charge < -0.3 is 15.4 Å². The van der Waals surface area contributed by atoms with Gasteiger partial charge in [-0.15, -0.1) is 5.10 Å². The zero-order valence-corrected chi connectivity index (χ0v) is 13.4. The van der Waals surface area contributed by atoms with E-state index in [9.17, 15) is 14.8 Å². The highest BCUT2D eigenvalue weighted by Crippen LogP contribution is 2.29. The molecule has 0 bridgehead atoms. The van der Waals surface area contributed by atoms with E-state index in [1.165, 1.54) is 19.3 Å². The Hall–Kier alpha value is -1.41. The Morgan fingerprint density at radius 1 is 1.17 bits per heavy atom. The molecule has 1 amide bonds. The Labute approximate surface area is 136 Å². The molecule has 7 nitrogen and oxygen atoms in total. The predicted molar refractivity (Wildman–Crippen MR) is 85.5 cm³/mol. The van der Waals surface area contributed by atoms with Crippen LogP contribution in [0.2, 0.25) is 0 Å². The molecule has 0 spiro atoms. The Bertz CT molecular complexity index is 525. The number of hydrogen-bond acceptors (Lipinski definition) is 5. The van der Waals surface area contributed by atoms with Crippen LogP contribution in [0.15, 0.2) is 6.20 Å². The van der Waals surface area contributed by atoms with Gasteiger partial charge in [0, 0.05) is 0 Å².